The molecule has 0 aliphatic heterocycles. The van der Waals surface area contributed by atoms with Gasteiger partial charge in [0.15, 0.2) is 0 Å². The lowest BCUT2D eigenvalue weighted by Crippen LogP contribution is -2.21. The normalized spacial score (nSPS) is 12.0. The first-order chi connectivity index (χ1) is 12.2. The van der Waals surface area contributed by atoms with Crippen LogP contribution in [0.3, 0.4) is 0 Å². The minimum Gasteiger partial charge on any atom is -0.383 e. The summed E-state index contributed by atoms with van der Waals surface area (Å²) in [4.78, 5) is 4.00. The van der Waals surface area contributed by atoms with E-state index >= 15 is 0 Å². The zero-order chi connectivity index (χ0) is 17.5. The molecule has 128 valence electrons. The minimum absolute atomic E-state index is 0.109. The Morgan fingerprint density at radius 1 is 0.800 bits per heavy atom. The van der Waals surface area contributed by atoms with Gasteiger partial charge in [-0.25, -0.2) is 13.8 Å². The SMILES string of the molecule is FC(F)c1cccc(NC(CNc2ccccc2)c2ccccc2)n1. The number of halogens is 2. The maximum absolute atomic E-state index is 12.9. The van der Waals surface area contributed by atoms with Gasteiger partial charge in [-0.15, -0.1) is 0 Å². The average Bonchev–Trinajstić information content (AvgIpc) is 2.67. The van der Waals surface area contributed by atoms with Gasteiger partial charge >= 0.3 is 0 Å². The molecule has 3 nitrogen and oxygen atoms in total. The number of hydrogen-bond acceptors (Lipinski definition) is 3. The summed E-state index contributed by atoms with van der Waals surface area (Å²) < 4.78 is 25.7. The van der Waals surface area contributed by atoms with Crippen LogP contribution >= 0.6 is 0 Å². The van der Waals surface area contributed by atoms with Gasteiger partial charge in [0.1, 0.15) is 11.5 Å². The van der Waals surface area contributed by atoms with Crippen LogP contribution in [-0.2, 0) is 0 Å². The van der Waals surface area contributed by atoms with Gasteiger partial charge in [0.05, 0.1) is 6.04 Å². The van der Waals surface area contributed by atoms with Crippen molar-refractivity contribution in [2.45, 2.75) is 12.5 Å². The summed E-state index contributed by atoms with van der Waals surface area (Å²) in [7, 11) is 0. The fourth-order valence-corrected chi connectivity index (χ4v) is 2.55. The van der Waals surface area contributed by atoms with Gasteiger partial charge in [-0.3, -0.25) is 0 Å². The molecule has 3 rings (SSSR count). The monoisotopic (exact) mass is 339 g/mol. The number of pyridine rings is 1. The van der Waals surface area contributed by atoms with Crippen LogP contribution in [0.1, 0.15) is 23.7 Å². The number of aromatic nitrogens is 1. The van der Waals surface area contributed by atoms with Gasteiger partial charge in [0, 0.05) is 12.2 Å². The number of para-hydroxylation sites is 1. The molecule has 0 aliphatic carbocycles. The van der Waals surface area contributed by atoms with E-state index in [0.717, 1.165) is 11.3 Å². The number of alkyl halides is 2. The molecule has 1 atom stereocenters. The van der Waals surface area contributed by atoms with Crippen molar-refractivity contribution in [1.82, 2.24) is 4.98 Å². The number of benzene rings is 2. The van der Waals surface area contributed by atoms with Crippen LogP contribution < -0.4 is 10.6 Å². The maximum atomic E-state index is 12.9. The van der Waals surface area contributed by atoms with Crippen molar-refractivity contribution in [1.29, 1.82) is 0 Å². The molecule has 2 aromatic carbocycles. The summed E-state index contributed by atoms with van der Waals surface area (Å²) in [5.74, 6) is 0.432. The molecule has 25 heavy (non-hydrogen) atoms. The molecule has 0 fully saturated rings. The van der Waals surface area contributed by atoms with Crippen LogP contribution in [-0.4, -0.2) is 11.5 Å². The Hall–Kier alpha value is -2.95. The smallest absolute Gasteiger partial charge is 0.280 e. The second-order valence-corrected chi connectivity index (χ2v) is 5.60. The third kappa shape index (κ3) is 4.76. The first kappa shape index (κ1) is 16.9. The fourth-order valence-electron chi connectivity index (χ4n) is 2.55. The summed E-state index contributed by atoms with van der Waals surface area (Å²) in [5.41, 5.74) is 1.82. The highest BCUT2D eigenvalue weighted by Gasteiger charge is 2.14. The first-order valence-corrected chi connectivity index (χ1v) is 8.08. The highest BCUT2D eigenvalue weighted by molar-refractivity contribution is 5.45. The topological polar surface area (TPSA) is 37.0 Å². The fraction of sp³-hybridized carbons (Fsp3) is 0.150. The van der Waals surface area contributed by atoms with Crippen LogP contribution in [0.25, 0.3) is 0 Å². The van der Waals surface area contributed by atoms with E-state index in [0.29, 0.717) is 12.4 Å². The van der Waals surface area contributed by atoms with Crippen LogP contribution in [0.2, 0.25) is 0 Å². The van der Waals surface area contributed by atoms with E-state index in [9.17, 15) is 8.78 Å². The number of rotatable bonds is 7. The zero-order valence-electron chi connectivity index (χ0n) is 13.6. The molecule has 0 bridgehead atoms. The highest BCUT2D eigenvalue weighted by Crippen LogP contribution is 2.22. The van der Waals surface area contributed by atoms with Gasteiger partial charge in [0.25, 0.3) is 6.43 Å². The molecule has 0 saturated heterocycles. The molecule has 1 unspecified atom stereocenters. The van der Waals surface area contributed by atoms with Gasteiger partial charge in [-0.1, -0.05) is 54.6 Å². The maximum Gasteiger partial charge on any atom is 0.280 e. The number of nitrogens with one attached hydrogen (secondary N) is 2. The largest absolute Gasteiger partial charge is 0.383 e. The van der Waals surface area contributed by atoms with E-state index in [2.05, 4.69) is 15.6 Å². The molecule has 0 spiro atoms. The molecule has 0 amide bonds. The number of hydrogen-bond donors (Lipinski definition) is 2. The Morgan fingerprint density at radius 3 is 2.16 bits per heavy atom. The molecule has 0 radical (unpaired) electrons. The van der Waals surface area contributed by atoms with E-state index in [1.165, 1.54) is 6.07 Å². The van der Waals surface area contributed by atoms with Gasteiger partial charge in [-0.05, 0) is 29.8 Å². The number of nitrogens with zero attached hydrogens (tertiary/aromatic N) is 1. The van der Waals surface area contributed by atoms with Crippen LogP contribution in [0.5, 0.6) is 0 Å². The molecular weight excluding hydrogens is 320 g/mol. The first-order valence-electron chi connectivity index (χ1n) is 8.08. The van der Waals surface area contributed by atoms with Crippen molar-refractivity contribution in [3.05, 3.63) is 90.1 Å². The molecule has 2 N–H and O–H groups in total. The van der Waals surface area contributed by atoms with E-state index < -0.39 is 6.43 Å². The van der Waals surface area contributed by atoms with Crippen LogP contribution in [0.4, 0.5) is 20.3 Å². The third-order valence-corrected chi connectivity index (χ3v) is 3.80. The molecule has 1 heterocycles. The lowest BCUT2D eigenvalue weighted by atomic mass is 10.1. The van der Waals surface area contributed by atoms with Crippen molar-refractivity contribution in [3.8, 4) is 0 Å². The predicted octanol–water partition coefficient (Wildman–Crippen LogP) is 5.28. The molecule has 0 saturated carbocycles. The Balaban J connectivity index is 1.78. The van der Waals surface area contributed by atoms with E-state index in [1.807, 2.05) is 60.7 Å². The van der Waals surface area contributed by atoms with E-state index in [4.69, 9.17) is 0 Å². The summed E-state index contributed by atoms with van der Waals surface area (Å²) in [6.07, 6.45) is -2.58. The van der Waals surface area contributed by atoms with Crippen molar-refractivity contribution < 1.29 is 8.78 Å². The lowest BCUT2D eigenvalue weighted by Gasteiger charge is -2.21. The standard InChI is InChI=1S/C20H19F2N3/c21-20(22)17-12-7-13-19(24-17)25-18(15-8-3-1-4-9-15)14-23-16-10-5-2-6-11-16/h1-13,18,20,23H,14H2,(H,24,25). The molecule has 5 heteroatoms. The van der Waals surface area contributed by atoms with Crippen LogP contribution in [0, 0.1) is 0 Å². The molecular formula is C20H19F2N3. The summed E-state index contributed by atoms with van der Waals surface area (Å²) in [6, 6.07) is 24.2. The minimum atomic E-state index is -2.58. The van der Waals surface area contributed by atoms with Crippen molar-refractivity contribution in [2.24, 2.45) is 0 Å². The summed E-state index contributed by atoms with van der Waals surface area (Å²) >= 11 is 0. The number of anilines is 2. The summed E-state index contributed by atoms with van der Waals surface area (Å²) in [6.45, 7) is 0.592. The molecule has 3 aromatic rings. The molecule has 1 aromatic heterocycles. The van der Waals surface area contributed by atoms with Gasteiger partial charge in [-0.2, -0.15) is 0 Å². The van der Waals surface area contributed by atoms with Crippen molar-refractivity contribution in [2.75, 3.05) is 17.2 Å². The Labute approximate surface area is 145 Å². The quantitative estimate of drug-likeness (QED) is 0.614. The Bertz CT molecular complexity index is 779. The Kier molecular flexibility index (Phi) is 5.57. The van der Waals surface area contributed by atoms with Crippen molar-refractivity contribution in [3.63, 3.8) is 0 Å². The highest BCUT2D eigenvalue weighted by atomic mass is 19.3. The average molecular weight is 339 g/mol. The van der Waals surface area contributed by atoms with Gasteiger partial charge in [0.2, 0.25) is 0 Å². The van der Waals surface area contributed by atoms with Gasteiger partial charge < -0.3 is 10.6 Å². The third-order valence-electron chi connectivity index (χ3n) is 3.80. The van der Waals surface area contributed by atoms with Crippen LogP contribution in [0.15, 0.2) is 78.9 Å². The van der Waals surface area contributed by atoms with E-state index in [1.54, 1.807) is 12.1 Å². The lowest BCUT2D eigenvalue weighted by molar-refractivity contribution is 0.146. The second kappa shape index (κ2) is 8.24. The van der Waals surface area contributed by atoms with E-state index in [-0.39, 0.29) is 11.7 Å². The predicted molar refractivity (Wildman–Crippen MR) is 96.9 cm³/mol. The second-order valence-electron chi connectivity index (χ2n) is 5.60. The van der Waals surface area contributed by atoms with Crippen molar-refractivity contribution >= 4 is 11.5 Å². The zero-order valence-corrected chi connectivity index (χ0v) is 13.6. The summed E-state index contributed by atoms with van der Waals surface area (Å²) in [5, 5.41) is 6.62. The molecule has 0 aliphatic rings. The Morgan fingerprint density at radius 2 is 1.48 bits per heavy atom.